The Morgan fingerprint density at radius 3 is 1.37 bits per heavy atom. The van der Waals surface area contributed by atoms with Gasteiger partial charge in [0.2, 0.25) is 0 Å². The number of para-hydroxylation sites is 5. The molecule has 13 aromatic rings. The van der Waals surface area contributed by atoms with E-state index < -0.39 is 0 Å². The zero-order chi connectivity index (χ0) is 38.6. The predicted octanol–water partition coefficient (Wildman–Crippen LogP) is 14.3. The third-order valence-corrected chi connectivity index (χ3v) is 12.4. The lowest BCUT2D eigenvalue weighted by Crippen LogP contribution is -1.99. The highest BCUT2D eigenvalue weighted by atomic mass is 15.0. The molecule has 0 N–H and O–H groups in total. The van der Waals surface area contributed by atoms with Crippen molar-refractivity contribution in [3.63, 3.8) is 0 Å². The van der Waals surface area contributed by atoms with Crippen molar-refractivity contribution in [2.45, 2.75) is 0 Å². The molecular weight excluding hydrogens is 717 g/mol. The van der Waals surface area contributed by atoms with Gasteiger partial charge in [-0.2, -0.15) is 0 Å². The second kappa shape index (κ2) is 12.3. The second-order valence-electron chi connectivity index (χ2n) is 15.5. The van der Waals surface area contributed by atoms with Gasteiger partial charge >= 0.3 is 0 Å². The van der Waals surface area contributed by atoms with Crippen LogP contribution in [0.3, 0.4) is 0 Å². The lowest BCUT2D eigenvalue weighted by atomic mass is 9.97. The molecule has 0 fully saturated rings. The standard InChI is InChI=1S/C55H34N4/c1-2-14-35(15-3-1)54-45-32-31-43-41-18-7-13-25-51(41)59(55(43)53(45)44-20-4-9-21-47(44)56-54)37-28-26-36(27-29-37)57-50-24-12-8-19-42(50)46-34-38(30-33-52(46)57)58-48-22-10-5-16-39(48)40-17-6-11-23-49(40)58/h1-34H. The zero-order valence-corrected chi connectivity index (χ0v) is 31.9. The number of nitrogens with zero attached hydrogens (tertiary/aromatic N) is 4. The molecule has 0 aliphatic heterocycles. The first-order valence-corrected chi connectivity index (χ1v) is 20.2. The average Bonchev–Trinajstić information content (AvgIpc) is 3.95. The SMILES string of the molecule is c1ccc(-c2nc3ccccc3c3c2ccc2c4ccccc4n(-c4ccc(-n5c6ccccc6c6cc(-n7c8ccccc8c8ccccc87)ccc65)cc4)c23)cc1. The normalized spacial score (nSPS) is 12.1. The van der Waals surface area contributed by atoms with Gasteiger partial charge in [-0.1, -0.05) is 133 Å². The summed E-state index contributed by atoms with van der Waals surface area (Å²) in [5, 5.41) is 11.0. The Labute approximate surface area is 339 Å². The van der Waals surface area contributed by atoms with Gasteiger partial charge in [0.15, 0.2) is 0 Å². The van der Waals surface area contributed by atoms with Gasteiger partial charge in [-0.05, 0) is 72.8 Å². The minimum Gasteiger partial charge on any atom is -0.309 e. The topological polar surface area (TPSA) is 27.7 Å². The first-order chi connectivity index (χ1) is 29.3. The fraction of sp³-hybridized carbons (Fsp3) is 0. The number of pyridine rings is 1. The maximum atomic E-state index is 5.26. The van der Waals surface area contributed by atoms with Crippen molar-refractivity contribution in [1.29, 1.82) is 0 Å². The number of rotatable bonds is 4. The van der Waals surface area contributed by atoms with E-state index in [4.69, 9.17) is 4.98 Å². The summed E-state index contributed by atoms with van der Waals surface area (Å²) < 4.78 is 7.28. The van der Waals surface area contributed by atoms with E-state index in [0.29, 0.717) is 0 Å². The Hall–Kier alpha value is -7.95. The number of hydrogen-bond acceptors (Lipinski definition) is 1. The Morgan fingerprint density at radius 1 is 0.288 bits per heavy atom. The molecule has 0 aliphatic carbocycles. The number of hydrogen-bond donors (Lipinski definition) is 0. The summed E-state index contributed by atoms with van der Waals surface area (Å²) in [6, 6.07) is 74.8. The molecule has 274 valence electrons. The van der Waals surface area contributed by atoms with Crippen molar-refractivity contribution in [3.05, 3.63) is 206 Å². The van der Waals surface area contributed by atoms with Gasteiger partial charge in [-0.15, -0.1) is 0 Å². The predicted molar refractivity (Wildman–Crippen MR) is 248 cm³/mol. The quantitative estimate of drug-likeness (QED) is 0.165. The van der Waals surface area contributed by atoms with Crippen molar-refractivity contribution >= 4 is 87.1 Å². The molecule has 0 radical (unpaired) electrons. The van der Waals surface area contributed by atoms with E-state index in [1.807, 2.05) is 0 Å². The van der Waals surface area contributed by atoms with Crippen molar-refractivity contribution in [2.24, 2.45) is 0 Å². The van der Waals surface area contributed by atoms with Crippen LogP contribution in [0.15, 0.2) is 206 Å². The van der Waals surface area contributed by atoms with Crippen LogP contribution in [0.25, 0.3) is 115 Å². The first-order valence-electron chi connectivity index (χ1n) is 20.2. The van der Waals surface area contributed by atoms with Crippen LogP contribution in [0, 0.1) is 0 Å². The van der Waals surface area contributed by atoms with Crippen LogP contribution >= 0.6 is 0 Å². The number of aromatic nitrogens is 4. The molecule has 0 amide bonds. The molecule has 0 unspecified atom stereocenters. The van der Waals surface area contributed by atoms with E-state index in [2.05, 4.69) is 220 Å². The van der Waals surface area contributed by atoms with Gasteiger partial charge in [-0.25, -0.2) is 4.98 Å². The number of benzene rings is 9. The Bertz CT molecular complexity index is 3770. The molecule has 59 heavy (non-hydrogen) atoms. The van der Waals surface area contributed by atoms with Crippen molar-refractivity contribution < 1.29 is 0 Å². The largest absolute Gasteiger partial charge is 0.309 e. The van der Waals surface area contributed by atoms with Crippen LogP contribution in [-0.2, 0) is 0 Å². The average molecular weight is 751 g/mol. The monoisotopic (exact) mass is 750 g/mol. The molecule has 0 aliphatic rings. The van der Waals surface area contributed by atoms with Crippen LogP contribution < -0.4 is 0 Å². The first kappa shape index (κ1) is 32.2. The third-order valence-electron chi connectivity index (χ3n) is 12.4. The van der Waals surface area contributed by atoms with Crippen LogP contribution in [0.4, 0.5) is 0 Å². The molecule has 4 heteroatoms. The maximum Gasteiger partial charge on any atom is 0.0788 e. The van der Waals surface area contributed by atoms with E-state index in [1.54, 1.807) is 0 Å². The Morgan fingerprint density at radius 2 is 0.729 bits per heavy atom. The van der Waals surface area contributed by atoms with E-state index in [1.165, 1.54) is 70.8 Å². The molecule has 9 aromatic carbocycles. The number of fused-ring (bicyclic) bond motifs is 13. The fourth-order valence-corrected chi connectivity index (χ4v) is 9.90. The zero-order valence-electron chi connectivity index (χ0n) is 31.9. The summed E-state index contributed by atoms with van der Waals surface area (Å²) in [5.41, 5.74) is 13.7. The molecule has 0 saturated heterocycles. The Kier molecular flexibility index (Phi) is 6.69. The van der Waals surface area contributed by atoms with E-state index >= 15 is 0 Å². The van der Waals surface area contributed by atoms with Gasteiger partial charge in [0.1, 0.15) is 0 Å². The molecule has 0 saturated carbocycles. The lowest BCUT2D eigenvalue weighted by molar-refractivity contribution is 1.14. The van der Waals surface area contributed by atoms with Gasteiger partial charge < -0.3 is 13.7 Å². The second-order valence-corrected chi connectivity index (χ2v) is 15.5. The molecule has 4 nitrogen and oxygen atoms in total. The summed E-state index contributed by atoms with van der Waals surface area (Å²) in [5.74, 6) is 0. The molecule has 0 spiro atoms. The molecule has 4 heterocycles. The molecule has 4 aromatic heterocycles. The maximum absolute atomic E-state index is 5.26. The summed E-state index contributed by atoms with van der Waals surface area (Å²) in [7, 11) is 0. The van der Waals surface area contributed by atoms with Crippen molar-refractivity contribution in [2.75, 3.05) is 0 Å². The lowest BCUT2D eigenvalue weighted by Gasteiger charge is -2.15. The molecular formula is C55H34N4. The van der Waals surface area contributed by atoms with Gasteiger partial charge in [0.25, 0.3) is 0 Å². The summed E-state index contributed by atoms with van der Waals surface area (Å²) in [6.07, 6.45) is 0. The third kappa shape index (κ3) is 4.57. The van der Waals surface area contributed by atoms with E-state index in [0.717, 1.165) is 44.6 Å². The fourth-order valence-electron chi connectivity index (χ4n) is 9.90. The van der Waals surface area contributed by atoms with Crippen molar-refractivity contribution in [1.82, 2.24) is 18.7 Å². The van der Waals surface area contributed by atoms with E-state index in [-0.39, 0.29) is 0 Å². The van der Waals surface area contributed by atoms with Gasteiger partial charge in [0.05, 0.1) is 44.3 Å². The Balaban J connectivity index is 1.03. The molecule has 0 bridgehead atoms. The highest BCUT2D eigenvalue weighted by Gasteiger charge is 2.21. The summed E-state index contributed by atoms with van der Waals surface area (Å²) in [6.45, 7) is 0. The minimum atomic E-state index is 0.992. The van der Waals surface area contributed by atoms with E-state index in [9.17, 15) is 0 Å². The van der Waals surface area contributed by atoms with Crippen LogP contribution in [0.5, 0.6) is 0 Å². The summed E-state index contributed by atoms with van der Waals surface area (Å²) in [4.78, 5) is 5.26. The molecule has 13 rings (SSSR count). The van der Waals surface area contributed by atoms with Gasteiger partial charge in [0, 0.05) is 71.1 Å². The van der Waals surface area contributed by atoms with Crippen molar-refractivity contribution in [3.8, 4) is 28.3 Å². The highest BCUT2D eigenvalue weighted by molar-refractivity contribution is 6.27. The highest BCUT2D eigenvalue weighted by Crippen LogP contribution is 2.43. The van der Waals surface area contributed by atoms with Gasteiger partial charge in [-0.3, -0.25) is 0 Å². The smallest absolute Gasteiger partial charge is 0.0788 e. The van der Waals surface area contributed by atoms with Crippen LogP contribution in [-0.4, -0.2) is 18.7 Å². The van der Waals surface area contributed by atoms with Crippen LogP contribution in [0.1, 0.15) is 0 Å². The molecule has 0 atom stereocenters. The summed E-state index contributed by atoms with van der Waals surface area (Å²) >= 11 is 0. The van der Waals surface area contributed by atoms with Crippen LogP contribution in [0.2, 0.25) is 0 Å². The minimum absolute atomic E-state index is 0.992.